The average Bonchev–Trinajstić information content (AvgIpc) is 3.19. The third-order valence-electron chi connectivity index (χ3n) is 6.04. The Kier molecular flexibility index (Phi) is 5.59. The summed E-state index contributed by atoms with van der Waals surface area (Å²) < 4.78 is 1.94. The van der Waals surface area contributed by atoms with Crippen molar-refractivity contribution in [1.29, 1.82) is 0 Å². The number of hydrogen-bond acceptors (Lipinski definition) is 5. The van der Waals surface area contributed by atoms with Crippen molar-refractivity contribution in [2.75, 3.05) is 20.1 Å². The first-order valence-electron chi connectivity index (χ1n) is 10.0. The number of fused-ring (bicyclic) bond motifs is 1. The predicted octanol–water partition coefficient (Wildman–Crippen LogP) is 2.88. The molecule has 0 N–H and O–H groups in total. The molecule has 27 heavy (non-hydrogen) atoms. The molecular weight excluding hydrogens is 358 g/mol. The van der Waals surface area contributed by atoms with Crippen LogP contribution < -0.4 is 0 Å². The van der Waals surface area contributed by atoms with Crippen LogP contribution in [0.5, 0.6) is 0 Å². The van der Waals surface area contributed by atoms with Crippen molar-refractivity contribution >= 4 is 17.2 Å². The summed E-state index contributed by atoms with van der Waals surface area (Å²) in [6.45, 7) is 2.61. The first-order chi connectivity index (χ1) is 13.1. The Balaban J connectivity index is 1.52. The molecule has 0 radical (unpaired) electrons. The van der Waals surface area contributed by atoms with E-state index in [9.17, 15) is 4.79 Å². The van der Waals surface area contributed by atoms with Crippen LogP contribution in [0.2, 0.25) is 0 Å². The van der Waals surface area contributed by atoms with E-state index in [0.717, 1.165) is 57.4 Å². The van der Waals surface area contributed by atoms with Gasteiger partial charge in [0.25, 0.3) is 5.91 Å². The van der Waals surface area contributed by atoms with Gasteiger partial charge < -0.3 is 4.90 Å². The Bertz CT molecular complexity index is 777. The van der Waals surface area contributed by atoms with Gasteiger partial charge in [0.15, 0.2) is 5.69 Å². The first kappa shape index (κ1) is 18.6. The van der Waals surface area contributed by atoms with Gasteiger partial charge in [-0.1, -0.05) is 12.8 Å². The topological polar surface area (TPSA) is 54.3 Å². The minimum atomic E-state index is 0.136. The van der Waals surface area contributed by atoms with Gasteiger partial charge in [-0.05, 0) is 39.2 Å². The Morgan fingerprint density at radius 1 is 1.30 bits per heavy atom. The summed E-state index contributed by atoms with van der Waals surface area (Å²) in [5.74, 6) is 0.136. The zero-order valence-electron chi connectivity index (χ0n) is 16.4. The SMILES string of the molecule is CN(Cc1cscn1)[C@H]1CCc2c(c(C(=O)N3CCCCCC3)nn2C)C1. The number of amides is 1. The largest absolute Gasteiger partial charge is 0.337 e. The minimum Gasteiger partial charge on any atom is -0.337 e. The van der Waals surface area contributed by atoms with Gasteiger partial charge >= 0.3 is 0 Å². The van der Waals surface area contributed by atoms with E-state index in [1.165, 1.54) is 24.1 Å². The van der Waals surface area contributed by atoms with E-state index in [2.05, 4.69) is 27.4 Å². The summed E-state index contributed by atoms with van der Waals surface area (Å²) in [4.78, 5) is 22.0. The lowest BCUT2D eigenvalue weighted by atomic mass is 9.90. The van der Waals surface area contributed by atoms with Crippen LogP contribution in [-0.2, 0) is 26.4 Å². The highest BCUT2D eigenvalue weighted by molar-refractivity contribution is 7.07. The van der Waals surface area contributed by atoms with Crippen molar-refractivity contribution in [2.24, 2.45) is 7.05 Å². The molecule has 0 aromatic carbocycles. The molecule has 7 heteroatoms. The molecule has 1 atom stereocenters. The van der Waals surface area contributed by atoms with Crippen molar-refractivity contribution in [3.63, 3.8) is 0 Å². The van der Waals surface area contributed by atoms with Gasteiger partial charge in [-0.15, -0.1) is 11.3 Å². The molecule has 0 unspecified atom stereocenters. The van der Waals surface area contributed by atoms with Gasteiger partial charge in [0.05, 0.1) is 11.2 Å². The van der Waals surface area contributed by atoms with Gasteiger partial charge in [-0.3, -0.25) is 14.4 Å². The second kappa shape index (κ2) is 8.10. The molecule has 1 fully saturated rings. The average molecular weight is 388 g/mol. The van der Waals surface area contributed by atoms with Crippen LogP contribution in [0.15, 0.2) is 10.9 Å². The monoisotopic (exact) mass is 387 g/mol. The lowest BCUT2D eigenvalue weighted by molar-refractivity contribution is 0.0753. The molecule has 146 valence electrons. The van der Waals surface area contributed by atoms with Gasteiger partial charge in [0.2, 0.25) is 0 Å². The molecule has 1 saturated heterocycles. The van der Waals surface area contributed by atoms with E-state index in [1.54, 1.807) is 11.3 Å². The quantitative estimate of drug-likeness (QED) is 0.809. The maximum Gasteiger partial charge on any atom is 0.274 e. The summed E-state index contributed by atoms with van der Waals surface area (Å²) in [6, 6.07) is 0.430. The number of carbonyl (C=O) groups is 1. The fourth-order valence-electron chi connectivity index (χ4n) is 4.44. The van der Waals surface area contributed by atoms with Crippen LogP contribution in [0.3, 0.4) is 0 Å². The summed E-state index contributed by atoms with van der Waals surface area (Å²) in [5.41, 5.74) is 6.13. The summed E-state index contributed by atoms with van der Waals surface area (Å²) in [5, 5.41) is 6.78. The molecule has 1 amide bonds. The number of thiazole rings is 1. The molecule has 2 aromatic rings. The molecule has 1 aliphatic heterocycles. The van der Waals surface area contributed by atoms with Crippen LogP contribution in [0.4, 0.5) is 0 Å². The van der Waals surface area contributed by atoms with Crippen LogP contribution in [0.25, 0.3) is 0 Å². The number of nitrogens with zero attached hydrogens (tertiary/aromatic N) is 5. The predicted molar refractivity (Wildman–Crippen MR) is 107 cm³/mol. The third-order valence-corrected chi connectivity index (χ3v) is 6.68. The van der Waals surface area contributed by atoms with Gasteiger partial charge in [-0.2, -0.15) is 5.10 Å². The number of carbonyl (C=O) groups excluding carboxylic acids is 1. The normalized spacial score (nSPS) is 20.6. The number of rotatable bonds is 4. The second-order valence-electron chi connectivity index (χ2n) is 7.90. The van der Waals surface area contributed by atoms with Crippen LogP contribution >= 0.6 is 11.3 Å². The molecule has 3 heterocycles. The number of hydrogen-bond donors (Lipinski definition) is 0. The Hall–Kier alpha value is -1.73. The Morgan fingerprint density at radius 2 is 2.07 bits per heavy atom. The zero-order chi connectivity index (χ0) is 18.8. The standard InChI is InChI=1S/C20H29N5OS/c1-23(12-15-13-27-14-21-15)16-7-8-18-17(11-16)19(22-24(18)2)20(26)25-9-5-3-4-6-10-25/h13-14,16H,3-12H2,1-2H3/t16-/m0/s1. The first-order valence-corrected chi connectivity index (χ1v) is 11.0. The molecule has 2 aromatic heterocycles. The zero-order valence-corrected chi connectivity index (χ0v) is 17.2. The fourth-order valence-corrected chi connectivity index (χ4v) is 4.99. The molecular formula is C20H29N5OS. The van der Waals surface area contributed by atoms with E-state index in [4.69, 9.17) is 0 Å². The molecule has 0 spiro atoms. The molecule has 1 aliphatic carbocycles. The maximum absolute atomic E-state index is 13.2. The maximum atomic E-state index is 13.2. The Morgan fingerprint density at radius 3 is 2.78 bits per heavy atom. The van der Waals surface area contributed by atoms with Crippen molar-refractivity contribution in [1.82, 2.24) is 24.6 Å². The lowest BCUT2D eigenvalue weighted by Crippen LogP contribution is -2.37. The van der Waals surface area contributed by atoms with E-state index in [-0.39, 0.29) is 5.91 Å². The molecule has 0 bridgehead atoms. The highest BCUT2D eigenvalue weighted by atomic mass is 32.1. The van der Waals surface area contributed by atoms with E-state index in [0.29, 0.717) is 11.7 Å². The number of aryl methyl sites for hydroxylation is 1. The molecule has 6 nitrogen and oxygen atoms in total. The van der Waals surface area contributed by atoms with E-state index in [1.807, 2.05) is 22.1 Å². The third kappa shape index (κ3) is 3.94. The van der Waals surface area contributed by atoms with Crippen molar-refractivity contribution in [3.8, 4) is 0 Å². The highest BCUT2D eigenvalue weighted by Crippen LogP contribution is 2.28. The van der Waals surface area contributed by atoms with Crippen LogP contribution in [0, 0.1) is 0 Å². The van der Waals surface area contributed by atoms with E-state index >= 15 is 0 Å². The van der Waals surface area contributed by atoms with Crippen LogP contribution in [-0.4, -0.2) is 56.7 Å². The lowest BCUT2D eigenvalue weighted by Gasteiger charge is -2.31. The fraction of sp³-hybridized carbons (Fsp3) is 0.650. The highest BCUT2D eigenvalue weighted by Gasteiger charge is 2.32. The number of likely N-dealkylation sites (N-methyl/N-ethyl adjacent to an activating group) is 1. The molecule has 0 saturated carbocycles. The second-order valence-corrected chi connectivity index (χ2v) is 8.61. The van der Waals surface area contributed by atoms with Gasteiger partial charge in [0.1, 0.15) is 0 Å². The smallest absolute Gasteiger partial charge is 0.274 e. The number of likely N-dealkylation sites (tertiary alicyclic amines) is 1. The summed E-state index contributed by atoms with van der Waals surface area (Å²) >= 11 is 1.64. The van der Waals surface area contributed by atoms with Crippen molar-refractivity contribution < 1.29 is 4.79 Å². The minimum absolute atomic E-state index is 0.136. The molecule has 2 aliphatic rings. The Labute approximate surface area is 165 Å². The van der Waals surface area contributed by atoms with Crippen molar-refractivity contribution in [2.45, 2.75) is 57.5 Å². The molecule has 4 rings (SSSR count). The number of aromatic nitrogens is 3. The summed E-state index contributed by atoms with van der Waals surface area (Å²) in [7, 11) is 4.15. The van der Waals surface area contributed by atoms with Gasteiger partial charge in [0, 0.05) is 49.4 Å². The summed E-state index contributed by atoms with van der Waals surface area (Å²) in [6.07, 6.45) is 7.67. The van der Waals surface area contributed by atoms with Gasteiger partial charge in [-0.25, -0.2) is 4.98 Å². The van der Waals surface area contributed by atoms with Crippen LogP contribution in [0.1, 0.15) is 59.5 Å². The van der Waals surface area contributed by atoms with E-state index < -0.39 is 0 Å². The van der Waals surface area contributed by atoms with Crippen molar-refractivity contribution in [3.05, 3.63) is 33.5 Å².